The normalized spacial score (nSPS) is 11.8. The maximum Gasteiger partial charge on any atom is -0.00108 e. The minimum Gasteiger partial charge on any atom is -0.103 e. The van der Waals surface area contributed by atoms with E-state index in [1.807, 2.05) is 24.3 Å². The van der Waals surface area contributed by atoms with Crippen molar-refractivity contribution in [2.75, 3.05) is 24.6 Å². The minimum atomic E-state index is -1.59. The Morgan fingerprint density at radius 2 is 0.812 bits per heavy atom. The molecule has 0 saturated heterocycles. The molecule has 0 heterocycles. The summed E-state index contributed by atoms with van der Waals surface area (Å²) in [7, 11) is 0. The van der Waals surface area contributed by atoms with Gasteiger partial charge >= 0.3 is 0 Å². The van der Waals surface area contributed by atoms with Gasteiger partial charge in [-0.15, -0.1) is 26.3 Å². The van der Waals surface area contributed by atoms with Crippen molar-refractivity contribution in [1.29, 1.82) is 0 Å². The first kappa shape index (κ1) is 16.3. The maximum absolute atomic E-state index is 5.88. The number of hydrogen-bond acceptors (Lipinski definition) is 2. The van der Waals surface area contributed by atoms with Crippen molar-refractivity contribution in [3.63, 3.8) is 0 Å². The molecule has 4 heteroatoms. The van der Waals surface area contributed by atoms with Crippen molar-refractivity contribution in [2.45, 2.75) is 0 Å². The van der Waals surface area contributed by atoms with E-state index in [0.29, 0.717) is 0 Å². The van der Waals surface area contributed by atoms with Gasteiger partial charge in [0, 0.05) is 0 Å². The number of allylic oxidation sites excluding steroid dienone is 4. The highest BCUT2D eigenvalue weighted by atomic mass is 32.8. The van der Waals surface area contributed by atoms with Crippen LogP contribution in [0.2, 0.25) is 0 Å². The zero-order chi connectivity index (χ0) is 12.7. The molecule has 0 bridgehead atoms. The summed E-state index contributed by atoms with van der Waals surface area (Å²) in [6, 6.07) is 0. The molecule has 0 atom stereocenters. The van der Waals surface area contributed by atoms with Gasteiger partial charge in [-0.3, -0.25) is 0 Å². The van der Waals surface area contributed by atoms with Crippen molar-refractivity contribution in [3.8, 4) is 0 Å². The van der Waals surface area contributed by atoms with Crippen LogP contribution in [0, 0.1) is 0 Å². The first-order chi connectivity index (χ1) is 7.49. The standard InChI is InChI=1S/C12H20P2S2/c1-5-9-13(15,10-6-2)14(16,11-7-3)12-8-4/h5-8H,1-4,9-12H2. The Morgan fingerprint density at radius 3 is 0.938 bits per heavy atom. The fourth-order valence-electron chi connectivity index (χ4n) is 1.55. The SMILES string of the molecule is C=CCP(=S)(CC=C)P(=S)(CC=C)CC=C. The van der Waals surface area contributed by atoms with E-state index in [-0.39, 0.29) is 0 Å². The highest BCUT2D eigenvalue weighted by Gasteiger charge is 2.30. The van der Waals surface area contributed by atoms with E-state index in [0.717, 1.165) is 24.6 Å². The molecule has 0 aromatic rings. The molecule has 0 rings (SSSR count). The second-order valence-corrected chi connectivity index (χ2v) is 18.8. The second-order valence-electron chi connectivity index (χ2n) is 3.58. The lowest BCUT2D eigenvalue weighted by Gasteiger charge is -2.32. The predicted molar refractivity (Wildman–Crippen MR) is 88.8 cm³/mol. The lowest BCUT2D eigenvalue weighted by molar-refractivity contribution is 1.65. The minimum absolute atomic E-state index is 0.868. The van der Waals surface area contributed by atoms with Gasteiger partial charge in [0.2, 0.25) is 0 Å². The molecule has 0 N–H and O–H groups in total. The Bertz CT molecular complexity index is 305. The van der Waals surface area contributed by atoms with Crippen molar-refractivity contribution >= 4 is 35.1 Å². The van der Waals surface area contributed by atoms with Crippen molar-refractivity contribution in [1.82, 2.24) is 0 Å². The Balaban J connectivity index is 5.39. The highest BCUT2D eigenvalue weighted by Crippen LogP contribution is 2.81. The fraction of sp³-hybridized carbons (Fsp3) is 0.333. The molecular formula is C12H20P2S2. The quantitative estimate of drug-likeness (QED) is 0.449. The summed E-state index contributed by atoms with van der Waals surface area (Å²) in [5, 5.41) is 0. The molecule has 0 amide bonds. The summed E-state index contributed by atoms with van der Waals surface area (Å²) >= 11 is 11.8. The van der Waals surface area contributed by atoms with E-state index < -0.39 is 11.5 Å². The van der Waals surface area contributed by atoms with Gasteiger partial charge in [-0.25, -0.2) is 0 Å². The average Bonchev–Trinajstić information content (AvgIpc) is 2.19. The van der Waals surface area contributed by atoms with Crippen LogP contribution in [-0.2, 0) is 23.6 Å². The van der Waals surface area contributed by atoms with Crippen LogP contribution in [0.3, 0.4) is 0 Å². The van der Waals surface area contributed by atoms with Gasteiger partial charge in [-0.2, -0.15) is 0 Å². The molecule has 0 radical (unpaired) electrons. The third kappa shape index (κ3) is 3.93. The Labute approximate surface area is 110 Å². The molecule has 0 aliphatic heterocycles. The summed E-state index contributed by atoms with van der Waals surface area (Å²) in [4.78, 5) is 0. The second kappa shape index (κ2) is 7.56. The third-order valence-electron chi connectivity index (χ3n) is 2.32. The molecule has 0 aromatic heterocycles. The van der Waals surface area contributed by atoms with Crippen molar-refractivity contribution in [3.05, 3.63) is 50.6 Å². The summed E-state index contributed by atoms with van der Waals surface area (Å²) in [5.41, 5.74) is -3.19. The molecule has 0 unspecified atom stereocenters. The first-order valence-corrected chi connectivity index (χ1v) is 12.1. The summed E-state index contributed by atoms with van der Waals surface area (Å²) in [5.74, 6) is 0. The summed E-state index contributed by atoms with van der Waals surface area (Å²) in [6.45, 7) is 15.2. The van der Waals surface area contributed by atoms with Crippen LogP contribution in [0.15, 0.2) is 50.6 Å². The summed E-state index contributed by atoms with van der Waals surface area (Å²) in [6.07, 6.45) is 11.1. The van der Waals surface area contributed by atoms with Gasteiger partial charge in [0.25, 0.3) is 0 Å². The van der Waals surface area contributed by atoms with E-state index >= 15 is 0 Å². The molecule has 90 valence electrons. The lowest BCUT2D eigenvalue weighted by atomic mass is 10.8. The number of hydrogen-bond donors (Lipinski definition) is 0. The molecular weight excluding hydrogens is 270 g/mol. The topological polar surface area (TPSA) is 0 Å². The summed E-state index contributed by atoms with van der Waals surface area (Å²) < 4.78 is 0. The smallest absolute Gasteiger partial charge is 0.00108 e. The fourth-order valence-corrected chi connectivity index (χ4v) is 13.3. The van der Waals surface area contributed by atoms with Crippen LogP contribution < -0.4 is 0 Å². The van der Waals surface area contributed by atoms with Crippen LogP contribution in [0.25, 0.3) is 0 Å². The monoisotopic (exact) mass is 290 g/mol. The van der Waals surface area contributed by atoms with Crippen LogP contribution in [0.5, 0.6) is 0 Å². The Kier molecular flexibility index (Phi) is 7.68. The van der Waals surface area contributed by atoms with Gasteiger partial charge in [0.05, 0.1) is 0 Å². The van der Waals surface area contributed by atoms with E-state index in [1.54, 1.807) is 0 Å². The maximum atomic E-state index is 5.88. The van der Waals surface area contributed by atoms with Crippen LogP contribution in [0.1, 0.15) is 0 Å². The molecule has 0 aromatic carbocycles. The van der Waals surface area contributed by atoms with E-state index in [1.165, 1.54) is 0 Å². The van der Waals surface area contributed by atoms with Gasteiger partial charge in [-0.05, 0) is 36.1 Å². The van der Waals surface area contributed by atoms with Gasteiger partial charge in [0.15, 0.2) is 0 Å². The highest BCUT2D eigenvalue weighted by molar-refractivity contribution is 8.66. The van der Waals surface area contributed by atoms with Crippen molar-refractivity contribution < 1.29 is 0 Å². The first-order valence-electron chi connectivity index (χ1n) is 5.10. The molecule has 0 nitrogen and oxygen atoms in total. The molecule has 0 aliphatic rings. The number of rotatable bonds is 9. The van der Waals surface area contributed by atoms with Crippen molar-refractivity contribution in [2.24, 2.45) is 0 Å². The van der Waals surface area contributed by atoms with E-state index in [2.05, 4.69) is 26.3 Å². The lowest BCUT2D eigenvalue weighted by Crippen LogP contribution is -1.98. The van der Waals surface area contributed by atoms with E-state index in [4.69, 9.17) is 23.6 Å². The molecule has 0 fully saturated rings. The van der Waals surface area contributed by atoms with Crippen LogP contribution in [0.4, 0.5) is 0 Å². The van der Waals surface area contributed by atoms with Gasteiger partial charge in [-0.1, -0.05) is 47.9 Å². The van der Waals surface area contributed by atoms with Gasteiger partial charge in [0.1, 0.15) is 0 Å². The predicted octanol–water partition coefficient (Wildman–Crippen LogP) is 4.60. The third-order valence-corrected chi connectivity index (χ3v) is 21.3. The zero-order valence-electron chi connectivity index (χ0n) is 9.68. The van der Waals surface area contributed by atoms with Crippen LogP contribution >= 0.6 is 11.5 Å². The Morgan fingerprint density at radius 1 is 0.625 bits per heavy atom. The molecule has 16 heavy (non-hydrogen) atoms. The Hall–Kier alpha value is 0.260. The largest absolute Gasteiger partial charge is 0.103 e. The zero-order valence-corrected chi connectivity index (χ0v) is 13.1. The molecule has 0 aliphatic carbocycles. The molecule has 0 saturated carbocycles. The van der Waals surface area contributed by atoms with Gasteiger partial charge < -0.3 is 0 Å². The molecule has 0 spiro atoms. The van der Waals surface area contributed by atoms with Crippen LogP contribution in [-0.4, -0.2) is 24.6 Å². The van der Waals surface area contributed by atoms with E-state index in [9.17, 15) is 0 Å². The average molecular weight is 290 g/mol.